The molecule has 0 saturated heterocycles. The predicted octanol–water partition coefficient (Wildman–Crippen LogP) is 2.92. The maximum Gasteiger partial charge on any atom is 0.308 e. The van der Waals surface area contributed by atoms with Crippen molar-refractivity contribution in [1.29, 1.82) is 0 Å². The van der Waals surface area contributed by atoms with Crippen LogP contribution in [0.3, 0.4) is 0 Å². The quantitative estimate of drug-likeness (QED) is 0.697. The van der Waals surface area contributed by atoms with E-state index in [0.717, 1.165) is 25.7 Å². The van der Waals surface area contributed by atoms with Crippen LogP contribution >= 0.6 is 0 Å². The van der Waals surface area contributed by atoms with Crippen LogP contribution in [0.2, 0.25) is 0 Å². The zero-order valence-corrected chi connectivity index (χ0v) is 10.9. The standard InChI is InChI=1S/C13H24O3/c1-5-15-12(14)10-6-8-11(9-7-10)16-13(2,3)4/h10-11H,5-9H2,1-4H3/t10-,11+. The van der Waals surface area contributed by atoms with Crippen LogP contribution < -0.4 is 0 Å². The highest BCUT2D eigenvalue weighted by atomic mass is 16.5. The van der Waals surface area contributed by atoms with Gasteiger partial charge in [0.15, 0.2) is 0 Å². The lowest BCUT2D eigenvalue weighted by Gasteiger charge is -2.32. The molecule has 0 bridgehead atoms. The topological polar surface area (TPSA) is 35.5 Å². The lowest BCUT2D eigenvalue weighted by Crippen LogP contribution is -2.32. The van der Waals surface area contributed by atoms with Crippen molar-refractivity contribution in [1.82, 2.24) is 0 Å². The molecule has 0 aromatic heterocycles. The molecule has 1 aliphatic carbocycles. The third kappa shape index (κ3) is 4.52. The van der Waals surface area contributed by atoms with E-state index in [9.17, 15) is 4.79 Å². The van der Waals surface area contributed by atoms with Crippen molar-refractivity contribution >= 4 is 5.97 Å². The van der Waals surface area contributed by atoms with Gasteiger partial charge in [-0.1, -0.05) is 0 Å². The highest BCUT2D eigenvalue weighted by Crippen LogP contribution is 2.29. The smallest absolute Gasteiger partial charge is 0.308 e. The Kier molecular flexibility index (Phi) is 4.78. The molecule has 0 N–H and O–H groups in total. The summed E-state index contributed by atoms with van der Waals surface area (Å²) >= 11 is 0. The first-order chi connectivity index (χ1) is 7.42. The summed E-state index contributed by atoms with van der Waals surface area (Å²) in [6, 6.07) is 0. The summed E-state index contributed by atoms with van der Waals surface area (Å²) in [7, 11) is 0. The molecule has 0 spiro atoms. The van der Waals surface area contributed by atoms with Crippen LogP contribution in [0.15, 0.2) is 0 Å². The molecule has 0 aromatic carbocycles. The second kappa shape index (κ2) is 5.67. The molecule has 0 unspecified atom stereocenters. The average molecular weight is 228 g/mol. The summed E-state index contributed by atoms with van der Waals surface area (Å²) < 4.78 is 11.0. The summed E-state index contributed by atoms with van der Waals surface area (Å²) in [5, 5.41) is 0. The molecule has 0 atom stereocenters. The third-order valence-electron chi connectivity index (χ3n) is 2.81. The van der Waals surface area contributed by atoms with E-state index >= 15 is 0 Å². The summed E-state index contributed by atoms with van der Waals surface area (Å²) in [6.45, 7) is 8.56. The van der Waals surface area contributed by atoms with Gasteiger partial charge in [0, 0.05) is 0 Å². The van der Waals surface area contributed by atoms with E-state index < -0.39 is 0 Å². The molecule has 94 valence electrons. The van der Waals surface area contributed by atoms with Crippen LogP contribution in [0.25, 0.3) is 0 Å². The van der Waals surface area contributed by atoms with Crippen molar-refractivity contribution in [2.24, 2.45) is 5.92 Å². The molecule has 0 radical (unpaired) electrons. The number of hydrogen-bond acceptors (Lipinski definition) is 3. The Balaban J connectivity index is 2.31. The minimum absolute atomic E-state index is 0.0308. The average Bonchev–Trinajstić information content (AvgIpc) is 2.16. The fraction of sp³-hybridized carbons (Fsp3) is 0.923. The number of hydrogen-bond donors (Lipinski definition) is 0. The van der Waals surface area contributed by atoms with Gasteiger partial charge in [0.05, 0.1) is 24.2 Å². The minimum Gasteiger partial charge on any atom is -0.466 e. The molecular weight excluding hydrogens is 204 g/mol. The molecule has 0 amide bonds. The zero-order chi connectivity index (χ0) is 12.2. The van der Waals surface area contributed by atoms with E-state index in [0.29, 0.717) is 12.7 Å². The van der Waals surface area contributed by atoms with E-state index in [1.807, 2.05) is 6.92 Å². The van der Waals surface area contributed by atoms with Crippen molar-refractivity contribution in [2.75, 3.05) is 6.61 Å². The van der Waals surface area contributed by atoms with Gasteiger partial charge >= 0.3 is 5.97 Å². The molecule has 3 heteroatoms. The summed E-state index contributed by atoms with van der Waals surface area (Å²) in [5.41, 5.74) is -0.0819. The van der Waals surface area contributed by atoms with Crippen LogP contribution in [0, 0.1) is 5.92 Å². The van der Waals surface area contributed by atoms with Crippen LogP contribution in [-0.4, -0.2) is 24.3 Å². The number of carbonyl (C=O) groups excluding carboxylic acids is 1. The second-order valence-electron chi connectivity index (χ2n) is 5.46. The molecule has 16 heavy (non-hydrogen) atoms. The van der Waals surface area contributed by atoms with Crippen LogP contribution in [0.1, 0.15) is 53.4 Å². The normalized spacial score (nSPS) is 26.5. The maximum atomic E-state index is 11.5. The van der Waals surface area contributed by atoms with Crippen LogP contribution in [0.4, 0.5) is 0 Å². The number of esters is 1. The highest BCUT2D eigenvalue weighted by Gasteiger charge is 2.29. The molecule has 1 aliphatic rings. The van der Waals surface area contributed by atoms with Crippen molar-refractivity contribution in [3.05, 3.63) is 0 Å². The van der Waals surface area contributed by atoms with Crippen molar-refractivity contribution < 1.29 is 14.3 Å². The summed E-state index contributed by atoms with van der Waals surface area (Å²) in [4.78, 5) is 11.5. The molecule has 0 heterocycles. The first kappa shape index (κ1) is 13.5. The van der Waals surface area contributed by atoms with E-state index in [4.69, 9.17) is 9.47 Å². The second-order valence-corrected chi connectivity index (χ2v) is 5.46. The van der Waals surface area contributed by atoms with Crippen molar-refractivity contribution in [2.45, 2.75) is 65.1 Å². The molecular formula is C13H24O3. The van der Waals surface area contributed by atoms with Gasteiger partial charge in [-0.05, 0) is 53.4 Å². The van der Waals surface area contributed by atoms with Crippen molar-refractivity contribution in [3.63, 3.8) is 0 Å². The Morgan fingerprint density at radius 3 is 2.19 bits per heavy atom. The molecule has 0 aromatic rings. The predicted molar refractivity (Wildman–Crippen MR) is 63.2 cm³/mol. The first-order valence-electron chi connectivity index (χ1n) is 6.27. The van der Waals surface area contributed by atoms with Crippen molar-refractivity contribution in [3.8, 4) is 0 Å². The Labute approximate surface area is 98.5 Å². The van der Waals surface area contributed by atoms with Gasteiger partial charge < -0.3 is 9.47 Å². The summed E-state index contributed by atoms with van der Waals surface area (Å²) in [6.07, 6.45) is 4.06. The fourth-order valence-corrected chi connectivity index (χ4v) is 2.18. The molecule has 1 rings (SSSR count). The fourth-order valence-electron chi connectivity index (χ4n) is 2.18. The van der Waals surface area contributed by atoms with Gasteiger partial charge in [-0.2, -0.15) is 0 Å². The molecule has 1 saturated carbocycles. The Morgan fingerprint density at radius 2 is 1.75 bits per heavy atom. The van der Waals surface area contributed by atoms with Gasteiger partial charge in [-0.3, -0.25) is 4.79 Å². The Hall–Kier alpha value is -0.570. The zero-order valence-electron chi connectivity index (χ0n) is 10.9. The summed E-state index contributed by atoms with van der Waals surface area (Å²) in [5.74, 6) is 0.0662. The SMILES string of the molecule is CCOC(=O)[C@H]1CC[C@@H](OC(C)(C)C)CC1. The lowest BCUT2D eigenvalue weighted by atomic mass is 9.87. The molecule has 3 nitrogen and oxygen atoms in total. The third-order valence-corrected chi connectivity index (χ3v) is 2.81. The number of rotatable bonds is 3. The van der Waals surface area contributed by atoms with Gasteiger partial charge in [0.25, 0.3) is 0 Å². The monoisotopic (exact) mass is 228 g/mol. The van der Waals surface area contributed by atoms with Crippen LogP contribution in [-0.2, 0) is 14.3 Å². The van der Waals surface area contributed by atoms with E-state index in [-0.39, 0.29) is 17.5 Å². The minimum atomic E-state index is -0.0819. The Bertz CT molecular complexity index is 222. The highest BCUT2D eigenvalue weighted by molar-refractivity contribution is 5.72. The van der Waals surface area contributed by atoms with E-state index in [1.165, 1.54) is 0 Å². The first-order valence-corrected chi connectivity index (χ1v) is 6.27. The van der Waals surface area contributed by atoms with Gasteiger partial charge in [0.2, 0.25) is 0 Å². The van der Waals surface area contributed by atoms with Crippen LogP contribution in [0.5, 0.6) is 0 Å². The van der Waals surface area contributed by atoms with Gasteiger partial charge in [0.1, 0.15) is 0 Å². The number of ether oxygens (including phenoxy) is 2. The molecule has 1 fully saturated rings. The largest absolute Gasteiger partial charge is 0.466 e. The Morgan fingerprint density at radius 1 is 1.19 bits per heavy atom. The van der Waals surface area contributed by atoms with E-state index in [2.05, 4.69) is 20.8 Å². The lowest BCUT2D eigenvalue weighted by molar-refractivity contribution is -0.151. The molecule has 0 aliphatic heterocycles. The van der Waals surface area contributed by atoms with E-state index in [1.54, 1.807) is 0 Å². The number of carbonyl (C=O) groups is 1. The van der Waals surface area contributed by atoms with Gasteiger partial charge in [-0.15, -0.1) is 0 Å². The van der Waals surface area contributed by atoms with Gasteiger partial charge in [-0.25, -0.2) is 0 Å². The maximum absolute atomic E-state index is 11.5.